The van der Waals surface area contributed by atoms with E-state index in [1.54, 1.807) is 12.1 Å². The fraction of sp³-hybridized carbons (Fsp3) is 0.419. The second-order valence-corrected chi connectivity index (χ2v) is 10.7. The lowest BCUT2D eigenvalue weighted by atomic mass is 9.58. The third-order valence-electron chi connectivity index (χ3n) is 8.32. The van der Waals surface area contributed by atoms with Crippen LogP contribution in [0.5, 0.6) is 5.75 Å². The fourth-order valence-corrected chi connectivity index (χ4v) is 6.61. The first kappa shape index (κ1) is 26.5. The number of hydrogen-bond acceptors (Lipinski definition) is 5. The number of allylic oxidation sites excluding steroid dienone is 2. The molecule has 0 saturated carbocycles. The molecular formula is C31H36BNO5. The number of amides is 2. The highest BCUT2D eigenvalue weighted by Gasteiger charge is 2.57. The Morgan fingerprint density at radius 1 is 1.05 bits per heavy atom. The number of benzene rings is 2. The largest absolute Gasteiger partial charge is 0.508 e. The lowest BCUT2D eigenvalue weighted by Gasteiger charge is -2.43. The molecule has 38 heavy (non-hydrogen) atoms. The van der Waals surface area contributed by atoms with Crippen LogP contribution < -0.4 is 4.90 Å². The van der Waals surface area contributed by atoms with Gasteiger partial charge in [-0.25, -0.2) is 0 Å². The average molecular weight is 513 g/mol. The molecule has 3 aliphatic rings. The molecule has 198 valence electrons. The zero-order valence-electron chi connectivity index (χ0n) is 22.2. The van der Waals surface area contributed by atoms with Crippen molar-refractivity contribution in [1.82, 2.24) is 0 Å². The van der Waals surface area contributed by atoms with E-state index in [2.05, 4.69) is 19.9 Å². The first-order valence-corrected chi connectivity index (χ1v) is 13.9. The van der Waals surface area contributed by atoms with Crippen LogP contribution in [0.15, 0.2) is 71.3 Å². The van der Waals surface area contributed by atoms with E-state index in [0.29, 0.717) is 24.8 Å². The minimum absolute atomic E-state index is 0.124. The van der Waals surface area contributed by atoms with Crippen molar-refractivity contribution in [1.29, 1.82) is 0 Å². The minimum atomic E-state index is -0.963. The molecule has 2 aromatic rings. The van der Waals surface area contributed by atoms with Crippen molar-refractivity contribution >= 4 is 30.7 Å². The molecule has 0 radical (unpaired) electrons. The van der Waals surface area contributed by atoms with Gasteiger partial charge in [-0.3, -0.25) is 14.5 Å². The van der Waals surface area contributed by atoms with Gasteiger partial charge in [-0.15, -0.1) is 0 Å². The number of rotatable bonds is 8. The molecule has 5 rings (SSSR count). The second kappa shape index (κ2) is 11.3. The van der Waals surface area contributed by atoms with Crippen molar-refractivity contribution in [2.45, 2.75) is 64.8 Å². The highest BCUT2D eigenvalue weighted by molar-refractivity contribution is 6.43. The highest BCUT2D eigenvalue weighted by Crippen LogP contribution is 2.52. The van der Waals surface area contributed by atoms with Gasteiger partial charge in [-0.05, 0) is 79.7 Å². The maximum Gasteiger partial charge on any atom is 0.455 e. The van der Waals surface area contributed by atoms with Crippen LogP contribution in [0.4, 0.5) is 5.69 Å². The van der Waals surface area contributed by atoms with Crippen LogP contribution >= 0.6 is 0 Å². The molecule has 0 unspecified atom stereocenters. The topological polar surface area (TPSA) is 87.1 Å². The van der Waals surface area contributed by atoms with Crippen LogP contribution in [-0.2, 0) is 14.2 Å². The molecule has 2 heterocycles. The Kier molecular flexibility index (Phi) is 7.87. The summed E-state index contributed by atoms with van der Waals surface area (Å²) in [4.78, 5) is 28.7. The Hall–Kier alpha value is -3.16. The van der Waals surface area contributed by atoms with Gasteiger partial charge in [0.15, 0.2) is 0 Å². The predicted molar refractivity (Wildman–Crippen MR) is 149 cm³/mol. The van der Waals surface area contributed by atoms with Gasteiger partial charge in [0.2, 0.25) is 11.8 Å². The number of carbonyl (C=O) groups is 2. The predicted octanol–water partition coefficient (Wildman–Crippen LogP) is 5.77. The number of anilines is 1. The zero-order valence-corrected chi connectivity index (χ0v) is 22.2. The number of nitrogens with zero attached hydrogens (tertiary/aromatic N) is 1. The molecule has 2 aliphatic heterocycles. The van der Waals surface area contributed by atoms with Crippen LogP contribution in [0.1, 0.15) is 57.9 Å². The van der Waals surface area contributed by atoms with E-state index in [4.69, 9.17) is 4.65 Å². The summed E-state index contributed by atoms with van der Waals surface area (Å²) in [7, 11) is -0.963. The smallest absolute Gasteiger partial charge is 0.455 e. The zero-order chi connectivity index (χ0) is 26.8. The Bertz CT molecular complexity index is 1240. The summed E-state index contributed by atoms with van der Waals surface area (Å²) in [6.45, 7) is 4.26. The van der Waals surface area contributed by atoms with E-state index >= 15 is 0 Å². The van der Waals surface area contributed by atoms with E-state index in [-0.39, 0.29) is 35.5 Å². The van der Waals surface area contributed by atoms with Crippen molar-refractivity contribution in [3.8, 4) is 5.75 Å². The molecule has 4 atom stereocenters. The fourth-order valence-electron chi connectivity index (χ4n) is 6.61. The van der Waals surface area contributed by atoms with Gasteiger partial charge in [-0.1, -0.05) is 67.8 Å². The molecule has 1 aliphatic carbocycles. The summed E-state index contributed by atoms with van der Waals surface area (Å²) in [5.74, 6) is -1.07. The molecule has 2 N–H and O–H groups in total. The first-order chi connectivity index (χ1) is 18.4. The molecule has 7 heteroatoms. The van der Waals surface area contributed by atoms with Crippen LogP contribution in [0.3, 0.4) is 0 Å². The maximum atomic E-state index is 13.8. The summed E-state index contributed by atoms with van der Waals surface area (Å²) >= 11 is 0. The quantitative estimate of drug-likeness (QED) is 0.266. The van der Waals surface area contributed by atoms with Crippen molar-refractivity contribution in [2.75, 3.05) is 4.90 Å². The summed E-state index contributed by atoms with van der Waals surface area (Å²) in [6, 6.07) is 16.3. The van der Waals surface area contributed by atoms with Crippen LogP contribution in [-0.4, -0.2) is 35.2 Å². The average Bonchev–Trinajstić information content (AvgIpc) is 3.17. The van der Waals surface area contributed by atoms with Gasteiger partial charge >= 0.3 is 7.12 Å². The molecule has 6 nitrogen and oxygen atoms in total. The number of carbonyl (C=O) groups excluding carboxylic acids is 2. The number of imide groups is 1. The van der Waals surface area contributed by atoms with Gasteiger partial charge in [0, 0.05) is 0 Å². The summed E-state index contributed by atoms with van der Waals surface area (Å²) < 4.78 is 6.14. The van der Waals surface area contributed by atoms with Crippen molar-refractivity contribution in [2.24, 2.45) is 17.8 Å². The number of hydrogen-bond donors (Lipinski definition) is 2. The van der Waals surface area contributed by atoms with Crippen molar-refractivity contribution in [3.05, 3.63) is 76.9 Å². The number of fused-ring (bicyclic) bond motifs is 3. The lowest BCUT2D eigenvalue weighted by molar-refractivity contribution is -0.122. The second-order valence-electron chi connectivity index (χ2n) is 10.7. The SMILES string of the molecule is CCCC1=C2[C@@H](CC/C(=C/c3ccc(O)cc3)CC)OB(O)C[C@@H]2[C@@H]2C(=O)N(c3ccccc3)C(=O)[C@@H]2C1. The molecule has 0 spiro atoms. The standard InChI is InChI=1S/C31H36BNO5/c1-3-8-22-18-25-29(31(36)33(30(25)35)23-9-6-5-7-10-23)26-19-32(37)38-27(28(22)26)16-13-20(4-2)17-21-11-14-24(34)15-12-21/h5-7,9-12,14-15,17,25-27,29,34,37H,3-4,8,13,16,18-19H2,1-2H3/b20-17+/t25-,26+,27-,29-/m1/s1. The summed E-state index contributed by atoms with van der Waals surface area (Å²) in [5.41, 5.74) is 5.28. The van der Waals surface area contributed by atoms with Crippen LogP contribution in [0.2, 0.25) is 6.32 Å². The Morgan fingerprint density at radius 2 is 1.79 bits per heavy atom. The number of phenolic OH excluding ortho intramolecular Hbond substituents is 1. The van der Waals surface area contributed by atoms with E-state index in [1.165, 1.54) is 16.0 Å². The Labute approximate surface area is 225 Å². The van der Waals surface area contributed by atoms with Gasteiger partial charge in [0.05, 0.1) is 23.6 Å². The van der Waals surface area contributed by atoms with E-state index in [1.807, 2.05) is 42.5 Å². The summed E-state index contributed by atoms with van der Waals surface area (Å²) in [5, 5.41) is 20.4. The summed E-state index contributed by atoms with van der Waals surface area (Å²) in [6.07, 6.45) is 6.97. The van der Waals surface area contributed by atoms with E-state index < -0.39 is 13.0 Å². The molecule has 0 aromatic heterocycles. The minimum Gasteiger partial charge on any atom is -0.508 e. The molecular weight excluding hydrogens is 477 g/mol. The Morgan fingerprint density at radius 3 is 2.47 bits per heavy atom. The van der Waals surface area contributed by atoms with Gasteiger partial charge in [0.1, 0.15) is 5.75 Å². The third kappa shape index (κ3) is 5.10. The molecule has 2 fully saturated rings. The van der Waals surface area contributed by atoms with Crippen molar-refractivity contribution in [3.63, 3.8) is 0 Å². The van der Waals surface area contributed by atoms with Crippen molar-refractivity contribution < 1.29 is 24.4 Å². The van der Waals surface area contributed by atoms with Gasteiger partial charge in [-0.2, -0.15) is 0 Å². The normalized spacial score (nSPS) is 25.6. The van der Waals surface area contributed by atoms with E-state index in [9.17, 15) is 19.7 Å². The molecule has 2 amide bonds. The van der Waals surface area contributed by atoms with E-state index in [0.717, 1.165) is 36.8 Å². The molecule has 2 saturated heterocycles. The lowest BCUT2D eigenvalue weighted by Crippen LogP contribution is -2.46. The van der Waals surface area contributed by atoms with Crippen LogP contribution in [0.25, 0.3) is 6.08 Å². The Balaban J connectivity index is 1.43. The monoisotopic (exact) mass is 513 g/mol. The molecule has 0 bridgehead atoms. The third-order valence-corrected chi connectivity index (χ3v) is 8.32. The number of aromatic hydroxyl groups is 1. The maximum absolute atomic E-state index is 13.8. The van der Waals surface area contributed by atoms with Crippen LogP contribution in [0, 0.1) is 17.8 Å². The van der Waals surface area contributed by atoms with Gasteiger partial charge in [0.25, 0.3) is 0 Å². The first-order valence-electron chi connectivity index (χ1n) is 13.9. The number of phenols is 1. The van der Waals surface area contributed by atoms with Gasteiger partial charge < -0.3 is 14.8 Å². The molecule has 2 aromatic carbocycles. The highest BCUT2D eigenvalue weighted by atomic mass is 16.5. The number of para-hydroxylation sites is 1.